The summed E-state index contributed by atoms with van der Waals surface area (Å²) >= 11 is 1.03. The van der Waals surface area contributed by atoms with Crippen LogP contribution in [0.25, 0.3) is 0 Å². The van der Waals surface area contributed by atoms with Gasteiger partial charge >= 0.3 is 12.1 Å². The van der Waals surface area contributed by atoms with Gasteiger partial charge in [-0.25, -0.2) is 4.79 Å². The molecule has 0 aromatic heterocycles. The first-order valence-corrected chi connectivity index (χ1v) is 10.7. The van der Waals surface area contributed by atoms with Gasteiger partial charge in [0, 0.05) is 25.8 Å². The van der Waals surface area contributed by atoms with Crippen molar-refractivity contribution in [2.75, 3.05) is 18.8 Å². The van der Waals surface area contributed by atoms with Crippen LogP contribution < -0.4 is 10.6 Å². The van der Waals surface area contributed by atoms with Crippen molar-refractivity contribution >= 4 is 34.8 Å². The summed E-state index contributed by atoms with van der Waals surface area (Å²) in [5, 5.41) is 4.92. The third-order valence-electron chi connectivity index (χ3n) is 3.54. The Hall–Kier alpha value is -1.77. The van der Waals surface area contributed by atoms with Crippen molar-refractivity contribution in [3.63, 3.8) is 0 Å². The summed E-state index contributed by atoms with van der Waals surface area (Å²) in [6.07, 6.45) is -1.11. The number of carbonyl (C=O) groups is 4. The van der Waals surface area contributed by atoms with Crippen LogP contribution in [0.15, 0.2) is 0 Å². The molecule has 2 N–H and O–H groups in total. The average Bonchev–Trinajstić information content (AvgIpc) is 2.54. The molecular weight excluding hydrogens is 396 g/mol. The molecule has 8 nitrogen and oxygen atoms in total. The molecule has 0 saturated carbocycles. The van der Waals surface area contributed by atoms with Crippen LogP contribution >= 0.6 is 11.8 Å². The number of rotatable bonds is 10. The molecule has 9 heteroatoms. The van der Waals surface area contributed by atoms with E-state index in [9.17, 15) is 19.2 Å². The van der Waals surface area contributed by atoms with Crippen molar-refractivity contribution < 1.29 is 28.7 Å². The van der Waals surface area contributed by atoms with Gasteiger partial charge in [-0.15, -0.1) is 0 Å². The lowest BCUT2D eigenvalue weighted by atomic mass is 9.93. The van der Waals surface area contributed by atoms with Crippen molar-refractivity contribution in [1.29, 1.82) is 0 Å². The normalized spacial score (nSPS) is 12.9. The van der Waals surface area contributed by atoms with E-state index in [-0.39, 0.29) is 23.5 Å². The minimum absolute atomic E-state index is 0.0129. The van der Waals surface area contributed by atoms with E-state index in [2.05, 4.69) is 10.6 Å². The molecule has 0 aromatic carbocycles. The molecule has 29 heavy (non-hydrogen) atoms. The fraction of sp³-hybridized carbons (Fsp3) is 0.800. The van der Waals surface area contributed by atoms with Crippen molar-refractivity contribution in [3.8, 4) is 0 Å². The van der Waals surface area contributed by atoms with Crippen LogP contribution in [0, 0.1) is 11.3 Å². The highest BCUT2D eigenvalue weighted by Gasteiger charge is 2.34. The Balaban J connectivity index is 4.82. The number of ether oxygens (including phenoxy) is 2. The molecule has 0 rings (SSSR count). The van der Waals surface area contributed by atoms with E-state index in [1.807, 2.05) is 13.8 Å². The third kappa shape index (κ3) is 13.1. The number of alkyl carbamates (subject to hydrolysis) is 1. The van der Waals surface area contributed by atoms with E-state index in [1.165, 1.54) is 6.92 Å². The SMILES string of the molecule is CC(=O)NCCSC(=O)[C@H](CC(C)C)OC(=O)C(C)(C)CNC(=O)OC(C)(C)C. The van der Waals surface area contributed by atoms with Crippen LogP contribution in [-0.4, -0.2) is 53.6 Å². The zero-order chi connectivity index (χ0) is 22.8. The van der Waals surface area contributed by atoms with Crippen LogP contribution in [0.3, 0.4) is 0 Å². The van der Waals surface area contributed by atoms with Gasteiger partial charge in [0.25, 0.3) is 0 Å². The highest BCUT2D eigenvalue weighted by atomic mass is 32.2. The summed E-state index contributed by atoms with van der Waals surface area (Å²) < 4.78 is 10.7. The smallest absolute Gasteiger partial charge is 0.407 e. The molecule has 0 spiro atoms. The highest BCUT2D eigenvalue weighted by Crippen LogP contribution is 2.22. The van der Waals surface area contributed by atoms with Gasteiger partial charge in [-0.2, -0.15) is 0 Å². The van der Waals surface area contributed by atoms with Gasteiger partial charge in [-0.05, 0) is 47.0 Å². The molecule has 0 bridgehead atoms. The maximum atomic E-state index is 12.6. The molecule has 0 aliphatic heterocycles. The van der Waals surface area contributed by atoms with Crippen LogP contribution in [-0.2, 0) is 23.9 Å². The van der Waals surface area contributed by atoms with Gasteiger partial charge in [0.1, 0.15) is 5.60 Å². The second-order valence-electron chi connectivity index (χ2n) is 8.91. The van der Waals surface area contributed by atoms with Crippen molar-refractivity contribution in [2.24, 2.45) is 11.3 Å². The van der Waals surface area contributed by atoms with Gasteiger partial charge in [0.15, 0.2) is 6.10 Å². The maximum Gasteiger partial charge on any atom is 0.407 e. The maximum absolute atomic E-state index is 12.6. The number of nitrogens with one attached hydrogen (secondary N) is 2. The van der Waals surface area contributed by atoms with E-state index in [4.69, 9.17) is 9.47 Å². The van der Waals surface area contributed by atoms with Crippen molar-refractivity contribution in [3.05, 3.63) is 0 Å². The molecule has 0 heterocycles. The predicted molar refractivity (Wildman–Crippen MR) is 114 cm³/mol. The quantitative estimate of drug-likeness (QED) is 0.403. The Morgan fingerprint density at radius 2 is 1.59 bits per heavy atom. The first-order valence-electron chi connectivity index (χ1n) is 9.73. The Morgan fingerprint density at radius 3 is 2.07 bits per heavy atom. The third-order valence-corrected chi connectivity index (χ3v) is 4.50. The predicted octanol–water partition coefficient (Wildman–Crippen LogP) is 2.89. The van der Waals surface area contributed by atoms with Gasteiger partial charge in [0.05, 0.1) is 5.41 Å². The van der Waals surface area contributed by atoms with E-state index in [0.29, 0.717) is 18.7 Å². The lowest BCUT2D eigenvalue weighted by Crippen LogP contribution is -2.43. The number of hydrogen-bond acceptors (Lipinski definition) is 7. The first kappa shape index (κ1) is 27.2. The van der Waals surface area contributed by atoms with Crippen molar-refractivity contribution in [1.82, 2.24) is 10.6 Å². The van der Waals surface area contributed by atoms with Gasteiger partial charge in [0.2, 0.25) is 11.0 Å². The summed E-state index contributed by atoms with van der Waals surface area (Å²) in [6.45, 7) is 14.2. The number of carbonyl (C=O) groups excluding carboxylic acids is 4. The van der Waals surface area contributed by atoms with Crippen LogP contribution in [0.4, 0.5) is 4.79 Å². The van der Waals surface area contributed by atoms with Crippen molar-refractivity contribution in [2.45, 2.75) is 73.5 Å². The zero-order valence-corrected chi connectivity index (χ0v) is 19.7. The molecule has 0 aliphatic rings. The molecule has 1 atom stereocenters. The molecular formula is C20H36N2O6S. The Kier molecular flexibility index (Phi) is 11.3. The van der Waals surface area contributed by atoms with Crippen LogP contribution in [0.2, 0.25) is 0 Å². The number of esters is 1. The molecule has 0 saturated heterocycles. The Labute approximate surface area is 178 Å². The minimum Gasteiger partial charge on any atom is -0.453 e. The summed E-state index contributed by atoms with van der Waals surface area (Å²) in [6, 6.07) is 0. The van der Waals surface area contributed by atoms with E-state index < -0.39 is 29.2 Å². The Morgan fingerprint density at radius 1 is 1.00 bits per heavy atom. The molecule has 2 amide bonds. The second-order valence-corrected chi connectivity index (χ2v) is 10.0. The standard InChI is InChI=1S/C20H36N2O6S/c1-13(2)11-15(16(24)29-10-9-21-14(3)23)27-17(25)20(7,8)12-22-18(26)28-19(4,5)6/h13,15H,9-12H2,1-8H3,(H,21,23)(H,22,26)/t15-/m0/s1. The van der Waals surface area contributed by atoms with Gasteiger partial charge < -0.3 is 20.1 Å². The summed E-state index contributed by atoms with van der Waals surface area (Å²) in [5.41, 5.74) is -1.68. The highest BCUT2D eigenvalue weighted by molar-refractivity contribution is 8.13. The van der Waals surface area contributed by atoms with E-state index in [1.54, 1.807) is 34.6 Å². The topological polar surface area (TPSA) is 111 Å². The number of thioether (sulfide) groups is 1. The molecule has 0 fully saturated rings. The van der Waals surface area contributed by atoms with Crippen LogP contribution in [0.1, 0.15) is 61.8 Å². The average molecular weight is 433 g/mol. The monoisotopic (exact) mass is 432 g/mol. The number of hydrogen-bond donors (Lipinski definition) is 2. The summed E-state index contributed by atoms with van der Waals surface area (Å²) in [7, 11) is 0. The lowest BCUT2D eigenvalue weighted by molar-refractivity contribution is -0.162. The van der Waals surface area contributed by atoms with E-state index >= 15 is 0 Å². The van der Waals surface area contributed by atoms with Gasteiger partial charge in [-0.3, -0.25) is 14.4 Å². The Bertz CT molecular complexity index is 584. The summed E-state index contributed by atoms with van der Waals surface area (Å²) in [4.78, 5) is 47.9. The molecule has 0 unspecified atom stereocenters. The second kappa shape index (κ2) is 12.0. The fourth-order valence-electron chi connectivity index (χ4n) is 2.06. The van der Waals surface area contributed by atoms with Gasteiger partial charge in [-0.1, -0.05) is 25.6 Å². The fourth-order valence-corrected chi connectivity index (χ4v) is 2.80. The largest absolute Gasteiger partial charge is 0.453 e. The number of amides is 2. The lowest BCUT2D eigenvalue weighted by Gasteiger charge is -2.27. The minimum atomic E-state index is -1.03. The summed E-state index contributed by atoms with van der Waals surface area (Å²) in [5.74, 6) is -0.193. The molecule has 0 aliphatic carbocycles. The first-order chi connectivity index (χ1) is 13.1. The van der Waals surface area contributed by atoms with E-state index in [0.717, 1.165) is 11.8 Å². The molecule has 0 aromatic rings. The zero-order valence-electron chi connectivity index (χ0n) is 18.8. The molecule has 0 radical (unpaired) electrons. The molecule has 168 valence electrons. The van der Waals surface area contributed by atoms with Crippen LogP contribution in [0.5, 0.6) is 0 Å².